The third-order valence-corrected chi connectivity index (χ3v) is 4.53. The van der Waals surface area contributed by atoms with Crippen molar-refractivity contribution in [2.75, 3.05) is 50.2 Å². The van der Waals surface area contributed by atoms with Crippen molar-refractivity contribution in [2.24, 2.45) is 0 Å². The van der Waals surface area contributed by atoms with Crippen LogP contribution in [0.2, 0.25) is 0 Å². The largest absolute Gasteiger partial charge is 0.497 e. The smallest absolute Gasteiger partial charge is 0.262 e. The number of hydrogen-bond acceptors (Lipinski definition) is 7. The fraction of sp³-hybridized carbons (Fsp3) is 0.286. The lowest BCUT2D eigenvalue weighted by atomic mass is 10.3. The van der Waals surface area contributed by atoms with Gasteiger partial charge in [0.05, 0.1) is 31.4 Å². The minimum absolute atomic E-state index is 0.179. The average Bonchev–Trinajstić information content (AvgIpc) is 2.77. The van der Waals surface area contributed by atoms with Crippen molar-refractivity contribution in [3.05, 3.63) is 48.5 Å². The van der Waals surface area contributed by atoms with Gasteiger partial charge in [-0.1, -0.05) is 18.2 Å². The minimum atomic E-state index is -0.291. The summed E-state index contributed by atoms with van der Waals surface area (Å²) in [4.78, 5) is 23.8. The zero-order valence-electron chi connectivity index (χ0n) is 16.1. The topological polar surface area (TPSA) is 85.8 Å². The normalized spacial score (nSPS) is 13.9. The Morgan fingerprint density at radius 3 is 2.62 bits per heavy atom. The molecule has 1 aliphatic rings. The van der Waals surface area contributed by atoms with Crippen LogP contribution in [-0.4, -0.2) is 55.9 Å². The van der Waals surface area contributed by atoms with E-state index >= 15 is 0 Å². The van der Waals surface area contributed by atoms with E-state index in [-0.39, 0.29) is 12.5 Å². The number of hydrogen-bond donors (Lipinski definition) is 1. The maximum absolute atomic E-state index is 12.4. The Morgan fingerprint density at radius 2 is 1.86 bits per heavy atom. The number of carbonyl (C=O) groups is 1. The SMILES string of the molecule is COc1cccc(NC(=O)COc2nc3ccccc3nc2N2CCOCC2)c1. The number of anilines is 2. The molecule has 0 spiro atoms. The lowest BCUT2D eigenvalue weighted by molar-refractivity contribution is -0.118. The number of para-hydroxylation sites is 2. The lowest BCUT2D eigenvalue weighted by Gasteiger charge is -2.28. The predicted molar refractivity (Wildman–Crippen MR) is 110 cm³/mol. The highest BCUT2D eigenvalue weighted by molar-refractivity contribution is 5.92. The van der Waals surface area contributed by atoms with Crippen molar-refractivity contribution in [2.45, 2.75) is 0 Å². The summed E-state index contributed by atoms with van der Waals surface area (Å²) >= 11 is 0. The van der Waals surface area contributed by atoms with E-state index in [2.05, 4.69) is 15.2 Å². The Kier molecular flexibility index (Phi) is 5.71. The molecule has 1 saturated heterocycles. The van der Waals surface area contributed by atoms with E-state index in [1.54, 1.807) is 25.3 Å². The van der Waals surface area contributed by atoms with Crippen LogP contribution >= 0.6 is 0 Å². The first-order chi connectivity index (χ1) is 14.2. The average molecular weight is 394 g/mol. The number of amides is 1. The van der Waals surface area contributed by atoms with Gasteiger partial charge in [-0.3, -0.25) is 4.79 Å². The van der Waals surface area contributed by atoms with Gasteiger partial charge in [-0.2, -0.15) is 0 Å². The van der Waals surface area contributed by atoms with E-state index < -0.39 is 0 Å². The maximum atomic E-state index is 12.4. The molecule has 0 saturated carbocycles. The monoisotopic (exact) mass is 394 g/mol. The predicted octanol–water partition coefficient (Wildman–Crippen LogP) is 2.49. The Hall–Kier alpha value is -3.39. The third kappa shape index (κ3) is 4.55. The number of benzene rings is 2. The number of rotatable bonds is 6. The fourth-order valence-corrected chi connectivity index (χ4v) is 3.08. The summed E-state index contributed by atoms with van der Waals surface area (Å²) in [6.07, 6.45) is 0. The Balaban J connectivity index is 1.52. The first kappa shape index (κ1) is 18.9. The molecular weight excluding hydrogens is 372 g/mol. The zero-order chi connectivity index (χ0) is 20.1. The van der Waals surface area contributed by atoms with Crippen molar-refractivity contribution in [1.29, 1.82) is 0 Å². The van der Waals surface area contributed by atoms with Crippen LogP contribution in [-0.2, 0) is 9.53 Å². The van der Waals surface area contributed by atoms with Gasteiger partial charge < -0.3 is 24.4 Å². The molecule has 8 nitrogen and oxygen atoms in total. The van der Waals surface area contributed by atoms with Gasteiger partial charge in [-0.15, -0.1) is 0 Å². The molecule has 1 aliphatic heterocycles. The highest BCUT2D eigenvalue weighted by Crippen LogP contribution is 2.27. The highest BCUT2D eigenvalue weighted by atomic mass is 16.5. The molecule has 0 unspecified atom stereocenters. The number of methoxy groups -OCH3 is 1. The number of carbonyl (C=O) groups excluding carboxylic acids is 1. The van der Waals surface area contributed by atoms with Crippen molar-refractivity contribution >= 4 is 28.4 Å². The number of nitrogens with one attached hydrogen (secondary N) is 1. The highest BCUT2D eigenvalue weighted by Gasteiger charge is 2.20. The molecule has 0 aliphatic carbocycles. The van der Waals surface area contributed by atoms with Crippen LogP contribution in [0.5, 0.6) is 11.6 Å². The molecule has 4 rings (SSSR count). The van der Waals surface area contributed by atoms with Crippen molar-refractivity contribution in [3.8, 4) is 11.6 Å². The summed E-state index contributed by atoms with van der Waals surface area (Å²) in [6.45, 7) is 2.44. The number of fused-ring (bicyclic) bond motifs is 1. The molecule has 1 fully saturated rings. The molecule has 0 atom stereocenters. The number of ether oxygens (including phenoxy) is 3. The molecule has 1 N–H and O–H groups in total. The van der Waals surface area contributed by atoms with Crippen LogP contribution in [0.4, 0.5) is 11.5 Å². The van der Waals surface area contributed by atoms with Gasteiger partial charge in [0.25, 0.3) is 11.8 Å². The van der Waals surface area contributed by atoms with Crippen LogP contribution in [0.25, 0.3) is 11.0 Å². The summed E-state index contributed by atoms with van der Waals surface area (Å²) in [5, 5.41) is 2.80. The second-order valence-corrected chi connectivity index (χ2v) is 6.51. The second kappa shape index (κ2) is 8.74. The van der Waals surface area contributed by atoms with Gasteiger partial charge in [0.15, 0.2) is 12.4 Å². The fourth-order valence-electron chi connectivity index (χ4n) is 3.08. The van der Waals surface area contributed by atoms with Crippen LogP contribution in [0.3, 0.4) is 0 Å². The van der Waals surface area contributed by atoms with Gasteiger partial charge in [0.2, 0.25) is 0 Å². The molecule has 1 amide bonds. The first-order valence-electron chi connectivity index (χ1n) is 9.39. The summed E-state index contributed by atoms with van der Waals surface area (Å²) in [6, 6.07) is 14.7. The zero-order valence-corrected chi connectivity index (χ0v) is 16.1. The molecule has 2 aromatic carbocycles. The summed E-state index contributed by atoms with van der Waals surface area (Å²) in [7, 11) is 1.58. The number of aromatic nitrogens is 2. The Morgan fingerprint density at radius 1 is 1.10 bits per heavy atom. The molecule has 3 aromatic rings. The van der Waals surface area contributed by atoms with E-state index in [0.29, 0.717) is 55.0 Å². The number of nitrogens with zero attached hydrogens (tertiary/aromatic N) is 3. The molecular formula is C21H22N4O4. The molecule has 8 heteroatoms. The maximum Gasteiger partial charge on any atom is 0.262 e. The van der Waals surface area contributed by atoms with Crippen LogP contribution in [0.15, 0.2) is 48.5 Å². The van der Waals surface area contributed by atoms with E-state index in [9.17, 15) is 4.79 Å². The lowest BCUT2D eigenvalue weighted by Crippen LogP contribution is -2.37. The quantitative estimate of drug-likeness (QED) is 0.687. The summed E-state index contributed by atoms with van der Waals surface area (Å²) in [5.41, 5.74) is 2.13. The van der Waals surface area contributed by atoms with Gasteiger partial charge in [-0.05, 0) is 24.3 Å². The van der Waals surface area contributed by atoms with E-state index in [1.807, 2.05) is 30.3 Å². The van der Waals surface area contributed by atoms with Crippen LogP contribution < -0.4 is 19.7 Å². The first-order valence-corrected chi connectivity index (χ1v) is 9.39. The van der Waals surface area contributed by atoms with E-state index in [1.165, 1.54) is 0 Å². The molecule has 0 radical (unpaired) electrons. The van der Waals surface area contributed by atoms with Gasteiger partial charge >= 0.3 is 0 Å². The van der Waals surface area contributed by atoms with Crippen molar-refractivity contribution < 1.29 is 19.0 Å². The third-order valence-electron chi connectivity index (χ3n) is 4.53. The van der Waals surface area contributed by atoms with Gasteiger partial charge in [0.1, 0.15) is 5.75 Å². The molecule has 29 heavy (non-hydrogen) atoms. The van der Waals surface area contributed by atoms with Crippen molar-refractivity contribution in [1.82, 2.24) is 9.97 Å². The van der Waals surface area contributed by atoms with Crippen LogP contribution in [0, 0.1) is 0 Å². The molecule has 150 valence electrons. The van der Waals surface area contributed by atoms with Gasteiger partial charge in [0, 0.05) is 24.8 Å². The molecule has 2 heterocycles. The Labute approximate surface area is 168 Å². The van der Waals surface area contributed by atoms with Crippen LogP contribution in [0.1, 0.15) is 0 Å². The van der Waals surface area contributed by atoms with Crippen molar-refractivity contribution in [3.63, 3.8) is 0 Å². The van der Waals surface area contributed by atoms with E-state index in [4.69, 9.17) is 19.2 Å². The van der Waals surface area contributed by atoms with Gasteiger partial charge in [-0.25, -0.2) is 9.97 Å². The number of morpholine rings is 1. The summed E-state index contributed by atoms with van der Waals surface area (Å²) in [5.74, 6) is 1.34. The Bertz CT molecular complexity index is 1000. The minimum Gasteiger partial charge on any atom is -0.497 e. The standard InChI is InChI=1S/C21H22N4O4/c1-27-16-6-4-5-15(13-16)22-19(26)14-29-21-20(25-9-11-28-12-10-25)23-17-7-2-3-8-18(17)24-21/h2-8,13H,9-12,14H2,1H3,(H,22,26). The molecule has 1 aromatic heterocycles. The van der Waals surface area contributed by atoms with E-state index in [0.717, 1.165) is 5.52 Å². The molecule has 0 bridgehead atoms. The second-order valence-electron chi connectivity index (χ2n) is 6.51. The summed E-state index contributed by atoms with van der Waals surface area (Å²) < 4.78 is 16.4.